The third kappa shape index (κ3) is 2.27. The van der Waals surface area contributed by atoms with Crippen LogP contribution in [0.5, 0.6) is 0 Å². The van der Waals surface area contributed by atoms with Gasteiger partial charge < -0.3 is 9.84 Å². The Morgan fingerprint density at radius 1 is 1.53 bits per heavy atom. The van der Waals surface area contributed by atoms with Crippen LogP contribution in [0.1, 0.15) is 39.0 Å². The molecule has 17 heavy (non-hydrogen) atoms. The first-order chi connectivity index (χ1) is 7.58. The monoisotopic (exact) mass is 246 g/mol. The van der Waals surface area contributed by atoms with Gasteiger partial charge in [-0.05, 0) is 30.6 Å². The molecule has 1 N–H and O–H groups in total. The largest absolute Gasteiger partial charge is 1.00 e. The van der Waals surface area contributed by atoms with Crippen LogP contribution < -0.4 is 29.6 Å². The zero-order valence-corrected chi connectivity index (χ0v) is 12.7. The van der Waals surface area contributed by atoms with Gasteiger partial charge in [-0.3, -0.25) is 11.2 Å². The van der Waals surface area contributed by atoms with Crippen LogP contribution >= 0.6 is 0 Å². The molecule has 0 bridgehead atoms. The van der Waals surface area contributed by atoms with Gasteiger partial charge >= 0.3 is 29.6 Å². The standard InChI is InChI=1S/C13H19O3.Na/c1-13-4-2-3-10(14)9(13)5-8-6-12(15)16-11(8)7-13;/h6,8-11,14H,2-5,7H2,1H3;/q-1;+1/t8-,9+,10-,11-,13-;/m1./s1. The first-order valence-electron chi connectivity index (χ1n) is 6.32. The molecule has 0 aromatic rings. The molecule has 0 unspecified atom stereocenters. The third-order valence-corrected chi connectivity index (χ3v) is 4.90. The fourth-order valence-corrected chi connectivity index (χ4v) is 3.98. The number of fused-ring (bicyclic) bond motifs is 2. The number of aliphatic hydroxyl groups excluding tert-OH is 1. The van der Waals surface area contributed by atoms with Crippen molar-refractivity contribution in [2.75, 3.05) is 0 Å². The number of hydrogen-bond acceptors (Lipinski definition) is 3. The van der Waals surface area contributed by atoms with Gasteiger partial charge in [0.15, 0.2) is 5.97 Å². The van der Waals surface area contributed by atoms with Crippen molar-refractivity contribution >= 4 is 5.97 Å². The summed E-state index contributed by atoms with van der Waals surface area (Å²) in [5.41, 5.74) is 0.178. The Kier molecular flexibility index (Phi) is 3.85. The summed E-state index contributed by atoms with van der Waals surface area (Å²) in [6.07, 6.45) is 6.66. The minimum atomic E-state index is -0.177. The van der Waals surface area contributed by atoms with Gasteiger partial charge in [-0.15, -0.1) is 5.92 Å². The molecule has 3 aliphatic rings. The number of carbonyl (C=O) groups is 1. The quantitative estimate of drug-likeness (QED) is 0.328. The predicted octanol–water partition coefficient (Wildman–Crippen LogP) is -1.30. The van der Waals surface area contributed by atoms with Crippen LogP contribution in [0.4, 0.5) is 0 Å². The van der Waals surface area contributed by atoms with Gasteiger partial charge in [0.1, 0.15) is 0 Å². The summed E-state index contributed by atoms with van der Waals surface area (Å²) in [5.74, 6) is 0.443. The van der Waals surface area contributed by atoms with E-state index < -0.39 is 0 Å². The van der Waals surface area contributed by atoms with Gasteiger partial charge in [-0.2, -0.15) is 0 Å². The van der Waals surface area contributed by atoms with Crippen LogP contribution in [0.2, 0.25) is 0 Å². The van der Waals surface area contributed by atoms with Gasteiger partial charge in [-0.1, -0.05) is 19.8 Å². The number of ether oxygens (including phenoxy) is 1. The van der Waals surface area contributed by atoms with Crippen LogP contribution in [-0.2, 0) is 9.53 Å². The Balaban J connectivity index is 0.00000108. The van der Waals surface area contributed by atoms with Gasteiger partial charge in [0.05, 0.1) is 12.2 Å². The second-order valence-corrected chi connectivity index (χ2v) is 5.97. The maximum Gasteiger partial charge on any atom is 1.00 e. The maximum absolute atomic E-state index is 11.3. The summed E-state index contributed by atoms with van der Waals surface area (Å²) in [4.78, 5) is 11.3. The van der Waals surface area contributed by atoms with Crippen LogP contribution in [0.15, 0.2) is 0 Å². The molecule has 0 aromatic carbocycles. The van der Waals surface area contributed by atoms with Crippen molar-refractivity contribution in [3.05, 3.63) is 6.42 Å². The Labute approximate surface area is 125 Å². The summed E-state index contributed by atoms with van der Waals surface area (Å²) in [6, 6.07) is 0. The first-order valence-corrected chi connectivity index (χ1v) is 6.32. The number of rotatable bonds is 0. The molecule has 3 nitrogen and oxygen atoms in total. The Morgan fingerprint density at radius 2 is 2.29 bits per heavy atom. The third-order valence-electron chi connectivity index (χ3n) is 4.90. The van der Waals surface area contributed by atoms with E-state index in [-0.39, 0.29) is 59.1 Å². The fourth-order valence-electron chi connectivity index (χ4n) is 3.98. The van der Waals surface area contributed by atoms with E-state index in [0.29, 0.717) is 5.92 Å². The smallest absolute Gasteiger partial charge is 0.487 e. The molecule has 1 aliphatic heterocycles. The van der Waals surface area contributed by atoms with Crippen molar-refractivity contribution in [1.82, 2.24) is 0 Å². The molecule has 3 rings (SSSR count). The van der Waals surface area contributed by atoms with E-state index in [2.05, 4.69) is 6.92 Å². The molecule has 2 aliphatic carbocycles. The second kappa shape index (κ2) is 4.76. The van der Waals surface area contributed by atoms with Crippen molar-refractivity contribution in [3.63, 3.8) is 0 Å². The number of hydrogen-bond donors (Lipinski definition) is 1. The number of aliphatic hydroxyl groups is 1. The van der Waals surface area contributed by atoms with Crippen molar-refractivity contribution in [3.8, 4) is 0 Å². The molecule has 1 saturated heterocycles. The molecule has 3 fully saturated rings. The zero-order chi connectivity index (χ0) is 11.3. The van der Waals surface area contributed by atoms with E-state index in [1.54, 1.807) is 6.42 Å². The number of carbonyl (C=O) groups excluding carboxylic acids is 1. The van der Waals surface area contributed by atoms with Crippen molar-refractivity contribution in [2.24, 2.45) is 17.3 Å². The normalized spacial score (nSPS) is 48.2. The molecule has 0 spiro atoms. The van der Waals surface area contributed by atoms with E-state index in [4.69, 9.17) is 4.74 Å². The van der Waals surface area contributed by atoms with Gasteiger partial charge in [0.2, 0.25) is 0 Å². The Bertz CT molecular complexity index is 320. The first kappa shape index (κ1) is 13.7. The summed E-state index contributed by atoms with van der Waals surface area (Å²) in [6.45, 7) is 2.25. The Hall–Kier alpha value is 0.300. The summed E-state index contributed by atoms with van der Waals surface area (Å²) in [7, 11) is 0. The van der Waals surface area contributed by atoms with Crippen molar-refractivity contribution in [1.29, 1.82) is 0 Å². The van der Waals surface area contributed by atoms with Crippen LogP contribution in [0, 0.1) is 23.7 Å². The van der Waals surface area contributed by atoms with E-state index in [0.717, 1.165) is 32.1 Å². The van der Waals surface area contributed by atoms with Crippen molar-refractivity contribution in [2.45, 2.75) is 51.2 Å². The van der Waals surface area contributed by atoms with E-state index in [9.17, 15) is 9.90 Å². The van der Waals surface area contributed by atoms with E-state index in [1.807, 2.05) is 0 Å². The molecular weight excluding hydrogens is 227 g/mol. The molecule has 90 valence electrons. The molecule has 0 amide bonds. The molecule has 2 saturated carbocycles. The molecule has 5 atom stereocenters. The minimum absolute atomic E-state index is 0. The molecular formula is C13H19NaO3. The van der Waals surface area contributed by atoms with Gasteiger partial charge in [-0.25, -0.2) is 0 Å². The minimum Gasteiger partial charge on any atom is -0.487 e. The maximum atomic E-state index is 11.3. The number of esters is 1. The average molecular weight is 246 g/mol. The SMILES string of the molecule is C[C@]12CCC[C@@H](O)[C@@H]1C[C@@H]1[CH-]C(=O)O[C@@H]1C2.[Na+]. The van der Waals surface area contributed by atoms with Crippen LogP contribution in [0.3, 0.4) is 0 Å². The summed E-state index contributed by atoms with van der Waals surface area (Å²) in [5, 5.41) is 10.1. The molecule has 0 aromatic heterocycles. The Morgan fingerprint density at radius 3 is 3.06 bits per heavy atom. The topological polar surface area (TPSA) is 46.5 Å². The van der Waals surface area contributed by atoms with Gasteiger partial charge in [0, 0.05) is 0 Å². The zero-order valence-electron chi connectivity index (χ0n) is 10.7. The van der Waals surface area contributed by atoms with E-state index >= 15 is 0 Å². The molecule has 0 radical (unpaired) electrons. The molecule has 1 heterocycles. The van der Waals surface area contributed by atoms with Crippen LogP contribution in [0.25, 0.3) is 0 Å². The molecule has 4 heteroatoms. The van der Waals surface area contributed by atoms with E-state index in [1.165, 1.54) is 0 Å². The fraction of sp³-hybridized carbons (Fsp3) is 0.846. The average Bonchev–Trinajstić information content (AvgIpc) is 2.54. The predicted molar refractivity (Wildman–Crippen MR) is 58.4 cm³/mol. The summed E-state index contributed by atoms with van der Waals surface area (Å²) < 4.78 is 5.34. The van der Waals surface area contributed by atoms with Crippen LogP contribution in [-0.4, -0.2) is 23.3 Å². The van der Waals surface area contributed by atoms with Gasteiger partial charge in [0.25, 0.3) is 0 Å². The van der Waals surface area contributed by atoms with Crippen molar-refractivity contribution < 1.29 is 44.2 Å². The second-order valence-electron chi connectivity index (χ2n) is 5.97. The summed E-state index contributed by atoms with van der Waals surface area (Å²) >= 11 is 0.